The summed E-state index contributed by atoms with van der Waals surface area (Å²) in [6.07, 6.45) is 2.41. The first-order chi connectivity index (χ1) is 14.7. The molecule has 5 heterocycles. The summed E-state index contributed by atoms with van der Waals surface area (Å²) in [5, 5.41) is 5.55. The number of hydrogen-bond donors (Lipinski definition) is 1. The van der Waals surface area contributed by atoms with Gasteiger partial charge in [0.25, 0.3) is 5.91 Å². The molecule has 2 bridgehead atoms. The Labute approximate surface area is 186 Å². The van der Waals surface area contributed by atoms with E-state index in [0.29, 0.717) is 12.0 Å². The lowest BCUT2D eigenvalue weighted by atomic mass is 9.79. The van der Waals surface area contributed by atoms with Crippen LogP contribution in [0.1, 0.15) is 30.1 Å². The Balaban J connectivity index is 1.19. The molecule has 1 aromatic heterocycles. The zero-order valence-corrected chi connectivity index (χ0v) is 19.0. The number of amides is 1. The molecule has 2 aromatic rings. The minimum absolute atomic E-state index is 0.0582. The molecule has 30 heavy (non-hydrogen) atoms. The number of anilines is 1. The second-order valence-electron chi connectivity index (χ2n) is 8.46. The van der Waals surface area contributed by atoms with E-state index in [9.17, 15) is 4.79 Å². The Kier molecular flexibility index (Phi) is 6.05. The minimum atomic E-state index is 0.0582. The number of carbonyl (C=O) groups is 1. The fraction of sp³-hybridized carbons (Fsp3) is 0.522. The molecule has 2 atom stereocenters. The summed E-state index contributed by atoms with van der Waals surface area (Å²) in [4.78, 5) is 18.9. The first-order valence-electron chi connectivity index (χ1n) is 10.9. The van der Waals surface area contributed by atoms with Gasteiger partial charge in [-0.25, -0.2) is 0 Å². The molecule has 4 aliphatic rings. The van der Waals surface area contributed by atoms with Crippen molar-refractivity contribution in [3.63, 3.8) is 0 Å². The van der Waals surface area contributed by atoms with Crippen LogP contribution in [0.4, 0.5) is 5.69 Å². The Morgan fingerprint density at radius 3 is 2.57 bits per heavy atom. The quantitative estimate of drug-likeness (QED) is 0.758. The molecule has 4 fully saturated rings. The van der Waals surface area contributed by atoms with Crippen molar-refractivity contribution < 1.29 is 9.53 Å². The maximum absolute atomic E-state index is 12.8. The molecule has 6 rings (SSSR count). The monoisotopic (exact) mass is 443 g/mol. The molecule has 0 aliphatic carbocycles. The first-order valence-corrected chi connectivity index (χ1v) is 12.6. The lowest BCUT2D eigenvalue weighted by Gasteiger charge is -2.49. The van der Waals surface area contributed by atoms with Crippen molar-refractivity contribution in [1.29, 1.82) is 0 Å². The summed E-state index contributed by atoms with van der Waals surface area (Å²) < 4.78 is 6.72. The average molecular weight is 444 g/mol. The molecule has 4 aliphatic heterocycles. The van der Waals surface area contributed by atoms with Crippen LogP contribution in [0.2, 0.25) is 0 Å². The number of rotatable bonds is 5. The van der Waals surface area contributed by atoms with Gasteiger partial charge in [0.15, 0.2) is 0 Å². The van der Waals surface area contributed by atoms with Gasteiger partial charge in [-0.2, -0.15) is 0 Å². The number of nitrogens with zero attached hydrogens (tertiary/aromatic N) is 2. The van der Waals surface area contributed by atoms with Crippen LogP contribution in [0.15, 0.2) is 44.8 Å². The predicted molar refractivity (Wildman–Crippen MR) is 123 cm³/mol. The third-order valence-electron chi connectivity index (χ3n) is 6.75. The smallest absolute Gasteiger partial charge is 0.251 e. The number of morpholine rings is 1. The van der Waals surface area contributed by atoms with Crippen molar-refractivity contribution in [2.75, 3.05) is 44.3 Å². The average Bonchev–Trinajstić information content (AvgIpc) is 3.26. The van der Waals surface area contributed by atoms with Crippen molar-refractivity contribution >= 4 is 34.7 Å². The Hall–Kier alpha value is -1.54. The van der Waals surface area contributed by atoms with E-state index in [-0.39, 0.29) is 11.9 Å². The third kappa shape index (κ3) is 4.26. The number of carbonyl (C=O) groups excluding carboxylic acids is 1. The van der Waals surface area contributed by atoms with Crippen LogP contribution < -0.4 is 10.2 Å². The highest BCUT2D eigenvalue weighted by Crippen LogP contribution is 2.36. The number of ether oxygens (including phenoxy) is 1. The van der Waals surface area contributed by atoms with E-state index in [1.807, 2.05) is 12.1 Å². The van der Waals surface area contributed by atoms with Crippen molar-refractivity contribution in [2.24, 2.45) is 5.92 Å². The zero-order chi connectivity index (χ0) is 20.5. The van der Waals surface area contributed by atoms with E-state index in [1.165, 1.54) is 35.8 Å². The van der Waals surface area contributed by atoms with Gasteiger partial charge in [-0.05, 0) is 69.1 Å². The summed E-state index contributed by atoms with van der Waals surface area (Å²) in [7, 11) is 0. The normalized spacial score (nSPS) is 28.5. The van der Waals surface area contributed by atoms with Gasteiger partial charge < -0.3 is 15.0 Å². The minimum Gasteiger partial charge on any atom is -0.378 e. The van der Waals surface area contributed by atoms with Crippen molar-refractivity contribution in [3.8, 4) is 0 Å². The second-order valence-corrected chi connectivity index (χ2v) is 10.7. The van der Waals surface area contributed by atoms with E-state index in [1.54, 1.807) is 23.1 Å². The van der Waals surface area contributed by atoms with Gasteiger partial charge in [0, 0.05) is 46.7 Å². The summed E-state index contributed by atoms with van der Waals surface area (Å²) >= 11 is 3.54. The van der Waals surface area contributed by atoms with Crippen LogP contribution in [0.5, 0.6) is 0 Å². The molecule has 0 unspecified atom stereocenters. The molecule has 7 heteroatoms. The van der Waals surface area contributed by atoms with E-state index >= 15 is 0 Å². The Morgan fingerprint density at radius 2 is 1.87 bits per heavy atom. The summed E-state index contributed by atoms with van der Waals surface area (Å²) in [6, 6.07) is 11.0. The topological polar surface area (TPSA) is 44.8 Å². The standard InChI is InChI=1S/C23H29N3O2S2/c1-16-22(17-6-8-25(16)9-7-17)24-23(27)18-2-4-20(5-3-18)30-21-14-19(15-29-21)26-10-12-28-13-11-26/h2-5,14-17,22H,6-13H2,1H3,(H,24,27)/t16-,22-/m0/s1. The molecular weight excluding hydrogens is 414 g/mol. The highest BCUT2D eigenvalue weighted by atomic mass is 32.2. The van der Waals surface area contributed by atoms with Gasteiger partial charge in [-0.15, -0.1) is 11.3 Å². The molecule has 0 saturated carbocycles. The lowest BCUT2D eigenvalue weighted by Crippen LogP contribution is -2.62. The fourth-order valence-electron chi connectivity index (χ4n) is 4.92. The molecule has 1 N–H and O–H groups in total. The Bertz CT molecular complexity index is 869. The molecular formula is C23H29N3O2S2. The largest absolute Gasteiger partial charge is 0.378 e. The number of fused-ring (bicyclic) bond motifs is 3. The van der Waals surface area contributed by atoms with E-state index in [2.05, 4.69) is 45.6 Å². The van der Waals surface area contributed by atoms with Gasteiger partial charge in [-0.3, -0.25) is 9.69 Å². The van der Waals surface area contributed by atoms with Gasteiger partial charge >= 0.3 is 0 Å². The molecule has 5 nitrogen and oxygen atoms in total. The second kappa shape index (κ2) is 8.91. The molecule has 4 saturated heterocycles. The number of nitrogens with one attached hydrogen (secondary N) is 1. The lowest BCUT2D eigenvalue weighted by molar-refractivity contribution is 0.0217. The number of benzene rings is 1. The number of hydrogen-bond acceptors (Lipinski definition) is 6. The predicted octanol–water partition coefficient (Wildman–Crippen LogP) is 3.95. The van der Waals surface area contributed by atoms with Crippen LogP contribution in [0.25, 0.3) is 0 Å². The molecule has 0 spiro atoms. The fourth-order valence-corrected chi connectivity index (χ4v) is 6.87. The van der Waals surface area contributed by atoms with Crippen molar-refractivity contribution in [2.45, 2.75) is 41.0 Å². The first kappa shape index (κ1) is 20.4. The van der Waals surface area contributed by atoms with Crippen LogP contribution in [-0.4, -0.2) is 62.3 Å². The van der Waals surface area contributed by atoms with E-state index in [0.717, 1.165) is 36.8 Å². The summed E-state index contributed by atoms with van der Waals surface area (Å²) in [5.41, 5.74) is 2.04. The summed E-state index contributed by atoms with van der Waals surface area (Å²) in [5.74, 6) is 0.686. The van der Waals surface area contributed by atoms with Crippen LogP contribution >= 0.6 is 23.1 Å². The van der Waals surface area contributed by atoms with E-state index in [4.69, 9.17) is 4.74 Å². The van der Waals surface area contributed by atoms with Crippen LogP contribution in [-0.2, 0) is 4.74 Å². The van der Waals surface area contributed by atoms with Crippen molar-refractivity contribution in [3.05, 3.63) is 41.3 Å². The molecule has 160 valence electrons. The number of thiophene rings is 1. The SMILES string of the molecule is C[C@H]1[C@H](NC(=O)c2ccc(Sc3cc(N4CCOCC4)cs3)cc2)C2CCN1CC2. The zero-order valence-electron chi connectivity index (χ0n) is 17.4. The Morgan fingerprint density at radius 1 is 1.13 bits per heavy atom. The third-order valence-corrected chi connectivity index (χ3v) is 8.82. The van der Waals surface area contributed by atoms with Crippen LogP contribution in [0.3, 0.4) is 0 Å². The van der Waals surface area contributed by atoms with Gasteiger partial charge in [-0.1, -0.05) is 11.8 Å². The van der Waals surface area contributed by atoms with Gasteiger partial charge in [0.1, 0.15) is 0 Å². The maximum Gasteiger partial charge on any atom is 0.251 e. The highest BCUT2D eigenvalue weighted by molar-refractivity contribution is 8.01. The van der Waals surface area contributed by atoms with Gasteiger partial charge in [0.05, 0.1) is 17.4 Å². The highest BCUT2D eigenvalue weighted by Gasteiger charge is 2.40. The molecule has 1 aromatic carbocycles. The summed E-state index contributed by atoms with van der Waals surface area (Å²) in [6.45, 7) is 8.15. The molecule has 1 amide bonds. The molecule has 0 radical (unpaired) electrons. The van der Waals surface area contributed by atoms with Crippen LogP contribution in [0, 0.1) is 5.92 Å². The maximum atomic E-state index is 12.8. The van der Waals surface area contributed by atoms with Gasteiger partial charge in [0.2, 0.25) is 0 Å². The van der Waals surface area contributed by atoms with E-state index < -0.39 is 0 Å². The number of piperidine rings is 3. The van der Waals surface area contributed by atoms with Crippen molar-refractivity contribution in [1.82, 2.24) is 10.2 Å².